The average Bonchev–Trinajstić information content (AvgIpc) is 3.36. The number of halogens is 1. The fraction of sp³-hybridized carbons (Fsp3) is 0.304. The highest BCUT2D eigenvalue weighted by Gasteiger charge is 2.16. The Hall–Kier alpha value is -3.99. The molecular weight excluding hydrogens is 441 g/mol. The van der Waals surface area contributed by atoms with Crippen LogP contribution in [0.5, 0.6) is 11.8 Å². The summed E-state index contributed by atoms with van der Waals surface area (Å²) >= 11 is 0. The number of H-pyrrole nitrogens is 1. The molecule has 11 heteroatoms. The molecule has 4 N–H and O–H groups in total. The zero-order valence-electron chi connectivity index (χ0n) is 18.3. The average molecular weight is 465 g/mol. The summed E-state index contributed by atoms with van der Waals surface area (Å²) in [6.45, 7) is 1.73. The third kappa shape index (κ3) is 4.84. The Balaban J connectivity index is 1.54. The number of ether oxygens (including phenoxy) is 1. The van der Waals surface area contributed by atoms with Crippen molar-refractivity contribution < 1.29 is 19.3 Å². The van der Waals surface area contributed by atoms with Gasteiger partial charge in [-0.15, -0.1) is 0 Å². The monoisotopic (exact) mass is 465 g/mol. The van der Waals surface area contributed by atoms with Crippen molar-refractivity contribution in [3.05, 3.63) is 64.3 Å². The van der Waals surface area contributed by atoms with Gasteiger partial charge in [0.1, 0.15) is 5.82 Å². The van der Waals surface area contributed by atoms with E-state index in [0.29, 0.717) is 54.2 Å². The van der Waals surface area contributed by atoms with E-state index in [9.17, 15) is 14.6 Å². The number of benzene rings is 1. The summed E-state index contributed by atoms with van der Waals surface area (Å²) in [6, 6.07) is 8.01. The lowest BCUT2D eigenvalue weighted by molar-refractivity contribution is 0.0903. The molecule has 0 radical (unpaired) electrons. The Bertz CT molecular complexity index is 1430. The van der Waals surface area contributed by atoms with Crippen molar-refractivity contribution in [3.63, 3.8) is 0 Å². The van der Waals surface area contributed by atoms with E-state index in [1.165, 1.54) is 22.7 Å². The molecular formula is C23H24FN7O3. The van der Waals surface area contributed by atoms with Crippen LogP contribution < -0.4 is 16.2 Å². The van der Waals surface area contributed by atoms with E-state index >= 15 is 0 Å². The maximum absolute atomic E-state index is 13.5. The van der Waals surface area contributed by atoms with Gasteiger partial charge in [0, 0.05) is 42.6 Å². The lowest BCUT2D eigenvalue weighted by Crippen LogP contribution is -2.31. The highest BCUT2D eigenvalue weighted by Crippen LogP contribution is 2.21. The standard InChI is InChI=1S/C23H24FN7O3/c24-17-3-1-2-14(10-17)4-7-25-23-30-22(27-18-5-8-34-9-6-18)29-20-16(13-26-31(20)23)11-15-12-19(32)28-21(15)33/h1-3,10-13,18,28,32-33H,4-9H2,(H,25,27,30). The Labute approximate surface area is 193 Å². The number of aromatic hydroxyl groups is 2. The Morgan fingerprint density at radius 2 is 2.09 bits per heavy atom. The number of anilines is 1. The van der Waals surface area contributed by atoms with Gasteiger partial charge in [-0.05, 0) is 43.0 Å². The number of aromatic amines is 1. The van der Waals surface area contributed by atoms with Gasteiger partial charge in [-0.1, -0.05) is 12.1 Å². The van der Waals surface area contributed by atoms with E-state index in [1.807, 2.05) is 6.07 Å². The van der Waals surface area contributed by atoms with Gasteiger partial charge in [0.25, 0.3) is 5.62 Å². The zero-order valence-corrected chi connectivity index (χ0v) is 18.3. The summed E-state index contributed by atoms with van der Waals surface area (Å²) in [5.74, 6) is -0.174. The number of hydrogen-bond donors (Lipinski definition) is 4. The first-order chi connectivity index (χ1) is 16.5. The van der Waals surface area contributed by atoms with Crippen molar-refractivity contribution in [3.8, 4) is 11.8 Å². The second-order valence-electron chi connectivity index (χ2n) is 8.08. The zero-order chi connectivity index (χ0) is 23.5. The van der Waals surface area contributed by atoms with Gasteiger partial charge in [0.2, 0.25) is 5.95 Å². The van der Waals surface area contributed by atoms with Crippen LogP contribution in [-0.2, 0) is 11.2 Å². The number of hydrogen-bond acceptors (Lipinski definition) is 8. The van der Waals surface area contributed by atoms with Gasteiger partial charge in [-0.2, -0.15) is 19.6 Å². The van der Waals surface area contributed by atoms with Crippen molar-refractivity contribution in [1.82, 2.24) is 24.6 Å². The van der Waals surface area contributed by atoms with Crippen LogP contribution in [0.1, 0.15) is 24.0 Å². The van der Waals surface area contributed by atoms with Gasteiger partial charge in [0.05, 0.1) is 6.20 Å². The maximum atomic E-state index is 13.5. The summed E-state index contributed by atoms with van der Waals surface area (Å²) in [5.41, 5.74) is 2.09. The van der Waals surface area contributed by atoms with Crippen LogP contribution in [-0.4, -0.2) is 60.6 Å². The number of rotatable bonds is 6. The summed E-state index contributed by atoms with van der Waals surface area (Å²) in [4.78, 5) is 16.3. The Morgan fingerprint density at radius 3 is 2.85 bits per heavy atom. The molecule has 0 atom stereocenters. The third-order valence-corrected chi connectivity index (χ3v) is 5.60. The molecule has 0 spiro atoms. The molecule has 1 aliphatic heterocycles. The molecule has 4 heterocycles. The summed E-state index contributed by atoms with van der Waals surface area (Å²) in [7, 11) is 0. The number of aromatic nitrogens is 5. The van der Waals surface area contributed by atoms with Gasteiger partial charge >= 0.3 is 0 Å². The minimum Gasteiger partial charge on any atom is -0.494 e. The number of fused-ring (bicyclic) bond motifs is 1. The first-order valence-electron chi connectivity index (χ1n) is 11.0. The molecule has 3 aromatic heterocycles. The van der Waals surface area contributed by atoms with Crippen molar-refractivity contribution in [2.45, 2.75) is 25.3 Å². The van der Waals surface area contributed by atoms with E-state index in [1.54, 1.807) is 18.3 Å². The van der Waals surface area contributed by atoms with Crippen molar-refractivity contribution >= 4 is 17.7 Å². The molecule has 34 heavy (non-hydrogen) atoms. The molecule has 10 nitrogen and oxygen atoms in total. The lowest BCUT2D eigenvalue weighted by atomic mass is 10.1. The first kappa shape index (κ1) is 21.8. The molecule has 1 aromatic carbocycles. The van der Waals surface area contributed by atoms with Crippen molar-refractivity contribution in [2.24, 2.45) is 4.99 Å². The second-order valence-corrected chi connectivity index (χ2v) is 8.08. The van der Waals surface area contributed by atoms with E-state index < -0.39 is 0 Å². The molecule has 0 aliphatic carbocycles. The maximum Gasteiger partial charge on any atom is 0.251 e. The lowest BCUT2D eigenvalue weighted by Gasteiger charge is -2.22. The fourth-order valence-corrected chi connectivity index (χ4v) is 3.87. The van der Waals surface area contributed by atoms with Gasteiger partial charge in [0.15, 0.2) is 17.4 Å². The van der Waals surface area contributed by atoms with Crippen LogP contribution in [0.25, 0.3) is 11.7 Å². The van der Waals surface area contributed by atoms with Crippen LogP contribution in [0.15, 0.2) is 41.5 Å². The molecule has 1 fully saturated rings. The van der Waals surface area contributed by atoms with Gasteiger partial charge in [-0.3, -0.25) is 4.98 Å². The Kier molecular flexibility index (Phi) is 6.09. The Morgan fingerprint density at radius 1 is 1.24 bits per heavy atom. The normalized spacial score (nSPS) is 15.9. The molecule has 0 unspecified atom stereocenters. The minimum atomic E-state index is -0.281. The SMILES string of the molecule is Oc1cc(C=c2cnn3c(=NCCc4cccc(F)c4)nc(NC4CCOCC4)nc23)c(O)[nH]1. The quantitative estimate of drug-likeness (QED) is 0.337. The summed E-state index contributed by atoms with van der Waals surface area (Å²) in [5, 5.41) is 28.0. The molecule has 176 valence electrons. The summed E-state index contributed by atoms with van der Waals surface area (Å²) in [6.07, 6.45) is 5.49. The van der Waals surface area contributed by atoms with Crippen LogP contribution in [0, 0.1) is 5.82 Å². The second kappa shape index (κ2) is 9.48. The largest absolute Gasteiger partial charge is 0.494 e. The van der Waals surface area contributed by atoms with Crippen molar-refractivity contribution in [1.29, 1.82) is 0 Å². The molecule has 0 amide bonds. The predicted octanol–water partition coefficient (Wildman–Crippen LogP) is 1.28. The molecule has 4 aromatic rings. The highest BCUT2D eigenvalue weighted by molar-refractivity contribution is 5.61. The first-order valence-corrected chi connectivity index (χ1v) is 11.0. The van der Waals surface area contributed by atoms with E-state index in [0.717, 1.165) is 18.4 Å². The highest BCUT2D eigenvalue weighted by atomic mass is 19.1. The van der Waals surface area contributed by atoms with Gasteiger partial charge in [-0.25, -0.2) is 9.38 Å². The van der Waals surface area contributed by atoms with E-state index in [-0.39, 0.29) is 23.6 Å². The molecule has 0 saturated carbocycles. The smallest absolute Gasteiger partial charge is 0.251 e. The molecule has 1 saturated heterocycles. The minimum absolute atomic E-state index is 0.148. The third-order valence-electron chi connectivity index (χ3n) is 5.60. The van der Waals surface area contributed by atoms with Crippen molar-refractivity contribution in [2.75, 3.05) is 25.1 Å². The van der Waals surface area contributed by atoms with E-state index in [2.05, 4.69) is 30.4 Å². The predicted molar refractivity (Wildman–Crippen MR) is 122 cm³/mol. The van der Waals surface area contributed by atoms with Crippen LogP contribution >= 0.6 is 0 Å². The topological polar surface area (TPSA) is 133 Å². The van der Waals surface area contributed by atoms with E-state index in [4.69, 9.17) is 4.74 Å². The summed E-state index contributed by atoms with van der Waals surface area (Å²) < 4.78 is 20.4. The number of nitrogens with one attached hydrogen (secondary N) is 2. The van der Waals surface area contributed by atoms with Crippen LogP contribution in [0.4, 0.5) is 10.3 Å². The van der Waals surface area contributed by atoms with Crippen LogP contribution in [0.3, 0.4) is 0 Å². The van der Waals surface area contributed by atoms with Gasteiger partial charge < -0.3 is 20.3 Å². The van der Waals surface area contributed by atoms with Crippen LogP contribution in [0.2, 0.25) is 0 Å². The molecule has 5 rings (SSSR count). The molecule has 1 aliphatic rings. The molecule has 0 bridgehead atoms. The number of nitrogens with zero attached hydrogens (tertiary/aromatic N) is 5. The fourth-order valence-electron chi connectivity index (χ4n) is 3.87.